The van der Waals surface area contributed by atoms with Gasteiger partial charge in [0.2, 0.25) is 5.91 Å². The second-order valence-corrected chi connectivity index (χ2v) is 11.5. The van der Waals surface area contributed by atoms with Gasteiger partial charge in [-0.05, 0) is 61.6 Å². The summed E-state index contributed by atoms with van der Waals surface area (Å²) in [5.74, 6) is 0.259. The first-order valence-electron chi connectivity index (χ1n) is 14.3. The van der Waals surface area contributed by atoms with Crippen molar-refractivity contribution in [3.05, 3.63) is 59.5 Å². The van der Waals surface area contributed by atoms with Gasteiger partial charge in [0.15, 0.2) is 0 Å². The topological polar surface area (TPSA) is 96.3 Å². The molecular weight excluding hydrogens is 527 g/mol. The number of fused-ring (bicyclic) bond motifs is 4. The molecule has 41 heavy (non-hydrogen) atoms. The second kappa shape index (κ2) is 11.0. The van der Waals surface area contributed by atoms with E-state index >= 15 is 0 Å². The molecule has 0 unspecified atom stereocenters. The molecule has 218 valence electrons. The lowest BCUT2D eigenvalue weighted by Crippen LogP contribution is -2.57. The monoisotopic (exact) mass is 564 g/mol. The predicted octanol–water partition coefficient (Wildman–Crippen LogP) is 4.19. The Labute approximate surface area is 238 Å². The van der Waals surface area contributed by atoms with Crippen LogP contribution in [-0.2, 0) is 22.0 Å². The van der Waals surface area contributed by atoms with Crippen LogP contribution in [0.25, 0.3) is 10.9 Å². The van der Waals surface area contributed by atoms with E-state index in [1.807, 2.05) is 24.1 Å². The van der Waals surface area contributed by atoms with Gasteiger partial charge in [-0.15, -0.1) is 0 Å². The number of rotatable bonds is 4. The van der Waals surface area contributed by atoms with Gasteiger partial charge < -0.3 is 34.3 Å². The molecule has 2 saturated heterocycles. The van der Waals surface area contributed by atoms with Gasteiger partial charge in [0, 0.05) is 74.1 Å². The summed E-state index contributed by atoms with van der Waals surface area (Å²) in [5, 5.41) is 14.6. The van der Waals surface area contributed by atoms with Crippen molar-refractivity contribution >= 4 is 28.5 Å². The summed E-state index contributed by atoms with van der Waals surface area (Å²) in [6.07, 6.45) is 2.65. The lowest BCUT2D eigenvalue weighted by Gasteiger charge is -2.51. The molecule has 0 bridgehead atoms. The third-order valence-corrected chi connectivity index (χ3v) is 9.26. The molecule has 3 aromatic rings. The summed E-state index contributed by atoms with van der Waals surface area (Å²) in [6, 6.07) is 11.2. The van der Waals surface area contributed by atoms with Crippen LogP contribution in [0.2, 0.25) is 0 Å². The average Bonchev–Trinajstić information content (AvgIpc) is 3.30. The van der Waals surface area contributed by atoms with E-state index in [0.29, 0.717) is 64.2 Å². The van der Waals surface area contributed by atoms with Crippen molar-refractivity contribution in [2.75, 3.05) is 51.9 Å². The minimum absolute atomic E-state index is 0.0616. The van der Waals surface area contributed by atoms with Crippen LogP contribution in [0.15, 0.2) is 42.5 Å². The maximum Gasteiger partial charge on any atom is 0.321 e. The van der Waals surface area contributed by atoms with E-state index in [0.717, 1.165) is 27.9 Å². The zero-order valence-electron chi connectivity index (χ0n) is 23.6. The summed E-state index contributed by atoms with van der Waals surface area (Å²) in [4.78, 5) is 30.8. The molecule has 3 amide bonds. The van der Waals surface area contributed by atoms with Gasteiger partial charge in [-0.1, -0.05) is 6.07 Å². The first-order chi connectivity index (χ1) is 19.8. The number of likely N-dealkylation sites (tertiary alicyclic amines) is 1. The molecule has 1 spiro atoms. The molecule has 4 heterocycles. The SMILES string of the molecule is COc1ccc2c3c(n(C)c2c1)[C@@H](CO)N(C(=O)C1CCOCC1)CC31CCN(C(=O)Nc2cccc(F)c2)CC1. The highest BCUT2D eigenvalue weighted by atomic mass is 19.1. The molecular formula is C31H37FN4O5. The fourth-order valence-corrected chi connectivity index (χ4v) is 7.08. The van der Waals surface area contributed by atoms with Crippen molar-refractivity contribution in [2.45, 2.75) is 37.1 Å². The number of hydrogen-bond acceptors (Lipinski definition) is 5. The van der Waals surface area contributed by atoms with E-state index in [2.05, 4.69) is 16.0 Å². The molecule has 1 aromatic heterocycles. The molecule has 2 aromatic carbocycles. The number of urea groups is 1. The summed E-state index contributed by atoms with van der Waals surface area (Å²) in [7, 11) is 3.63. The van der Waals surface area contributed by atoms with Crippen LogP contribution in [-0.4, -0.2) is 78.0 Å². The molecule has 2 N–H and O–H groups in total. The van der Waals surface area contributed by atoms with Gasteiger partial charge in [0.25, 0.3) is 0 Å². The van der Waals surface area contributed by atoms with E-state index < -0.39 is 17.3 Å². The van der Waals surface area contributed by atoms with Crippen LogP contribution in [0.5, 0.6) is 5.75 Å². The number of anilines is 1. The quantitative estimate of drug-likeness (QED) is 0.496. The Hall–Kier alpha value is -3.63. The maximum absolute atomic E-state index is 14.0. The second-order valence-electron chi connectivity index (χ2n) is 11.5. The van der Waals surface area contributed by atoms with Crippen molar-refractivity contribution in [1.29, 1.82) is 0 Å². The lowest BCUT2D eigenvalue weighted by atomic mass is 9.68. The van der Waals surface area contributed by atoms with E-state index in [9.17, 15) is 19.1 Å². The van der Waals surface area contributed by atoms with Crippen molar-refractivity contribution < 1.29 is 28.6 Å². The number of aliphatic hydroxyl groups excluding tert-OH is 1. The van der Waals surface area contributed by atoms with Crippen molar-refractivity contribution in [1.82, 2.24) is 14.4 Å². The minimum Gasteiger partial charge on any atom is -0.497 e. The summed E-state index contributed by atoms with van der Waals surface area (Å²) < 4.78 is 26.8. The largest absolute Gasteiger partial charge is 0.497 e. The number of aliphatic hydroxyl groups is 1. The lowest BCUT2D eigenvalue weighted by molar-refractivity contribution is -0.144. The van der Waals surface area contributed by atoms with Crippen LogP contribution in [0.3, 0.4) is 0 Å². The number of piperidine rings is 1. The van der Waals surface area contributed by atoms with Gasteiger partial charge in [-0.3, -0.25) is 4.79 Å². The number of amides is 3. The van der Waals surface area contributed by atoms with Crippen LogP contribution in [0.1, 0.15) is 43.0 Å². The first-order valence-corrected chi connectivity index (χ1v) is 14.3. The van der Waals surface area contributed by atoms with Crippen LogP contribution < -0.4 is 10.1 Å². The number of benzene rings is 2. The number of carbonyl (C=O) groups is 2. The Kier molecular flexibility index (Phi) is 7.37. The normalized spacial score (nSPS) is 20.7. The van der Waals surface area contributed by atoms with E-state index in [-0.39, 0.29) is 24.5 Å². The Morgan fingerprint density at radius 1 is 1.15 bits per heavy atom. The maximum atomic E-state index is 14.0. The molecule has 9 nitrogen and oxygen atoms in total. The fourth-order valence-electron chi connectivity index (χ4n) is 7.08. The third-order valence-electron chi connectivity index (χ3n) is 9.26. The fraction of sp³-hybridized carbons (Fsp3) is 0.484. The summed E-state index contributed by atoms with van der Waals surface area (Å²) >= 11 is 0. The van der Waals surface area contributed by atoms with Gasteiger partial charge in [-0.2, -0.15) is 0 Å². The average molecular weight is 565 g/mol. The standard InChI is InChI=1S/C31H37FN4O5/c1-34-25-17-23(40-2)6-7-24(25)27-28(34)26(18-37)36(29(38)20-8-14-41-15-9-20)19-31(27)10-12-35(13-11-31)30(39)33-22-5-3-4-21(32)16-22/h3-7,16-17,20,26,37H,8-15,18-19H2,1-2H3,(H,33,39)/t26-/m1/s1. The number of aryl methyl sites for hydroxylation is 1. The van der Waals surface area contributed by atoms with Crippen molar-refractivity contribution in [2.24, 2.45) is 13.0 Å². The summed E-state index contributed by atoms with van der Waals surface area (Å²) in [6.45, 7) is 2.39. The number of aromatic nitrogens is 1. The van der Waals surface area contributed by atoms with E-state index in [1.54, 1.807) is 24.1 Å². The van der Waals surface area contributed by atoms with Crippen LogP contribution in [0.4, 0.5) is 14.9 Å². The van der Waals surface area contributed by atoms with Crippen LogP contribution in [0, 0.1) is 11.7 Å². The minimum atomic E-state index is -0.469. The van der Waals surface area contributed by atoms with Crippen molar-refractivity contribution in [3.63, 3.8) is 0 Å². The molecule has 0 radical (unpaired) electrons. The molecule has 0 saturated carbocycles. The number of carbonyl (C=O) groups excluding carboxylic acids is 2. The van der Waals surface area contributed by atoms with Crippen molar-refractivity contribution in [3.8, 4) is 5.75 Å². The number of nitrogens with one attached hydrogen (secondary N) is 1. The summed E-state index contributed by atoms with van der Waals surface area (Å²) in [5.41, 5.74) is 3.10. The highest BCUT2D eigenvalue weighted by molar-refractivity contribution is 5.91. The number of methoxy groups -OCH3 is 1. The van der Waals surface area contributed by atoms with Gasteiger partial charge in [-0.25, -0.2) is 9.18 Å². The highest BCUT2D eigenvalue weighted by Gasteiger charge is 2.50. The number of halogens is 1. The van der Waals surface area contributed by atoms with Gasteiger partial charge in [0.1, 0.15) is 11.6 Å². The Morgan fingerprint density at radius 3 is 2.59 bits per heavy atom. The first kappa shape index (κ1) is 27.5. The molecule has 3 aliphatic rings. The number of nitrogens with zero attached hydrogens (tertiary/aromatic N) is 3. The number of ether oxygens (including phenoxy) is 2. The molecule has 0 aliphatic carbocycles. The molecule has 6 rings (SSSR count). The Bertz CT molecular complexity index is 1460. The molecule has 1 atom stereocenters. The third kappa shape index (κ3) is 4.82. The van der Waals surface area contributed by atoms with E-state index in [1.165, 1.54) is 12.1 Å². The van der Waals surface area contributed by atoms with E-state index in [4.69, 9.17) is 9.47 Å². The van der Waals surface area contributed by atoms with Gasteiger partial charge in [0.05, 0.1) is 25.3 Å². The number of hydrogen-bond donors (Lipinski definition) is 2. The molecule has 10 heteroatoms. The predicted molar refractivity (Wildman–Crippen MR) is 152 cm³/mol. The Balaban J connectivity index is 1.37. The smallest absolute Gasteiger partial charge is 0.321 e. The zero-order valence-corrected chi connectivity index (χ0v) is 23.6. The van der Waals surface area contributed by atoms with Crippen LogP contribution >= 0.6 is 0 Å². The zero-order chi connectivity index (χ0) is 28.7. The highest BCUT2D eigenvalue weighted by Crippen LogP contribution is 2.50. The molecule has 2 fully saturated rings. The van der Waals surface area contributed by atoms with Gasteiger partial charge >= 0.3 is 6.03 Å². The Morgan fingerprint density at radius 2 is 1.90 bits per heavy atom. The molecule has 3 aliphatic heterocycles.